The molecule has 3 heterocycles. The molecule has 6 heteroatoms. The van der Waals surface area contributed by atoms with E-state index in [1.807, 2.05) is 36.1 Å². The molecule has 1 aliphatic heterocycles. The highest BCUT2D eigenvalue weighted by molar-refractivity contribution is 6.04. The Morgan fingerprint density at radius 2 is 2.17 bits per heavy atom. The van der Waals surface area contributed by atoms with Crippen molar-refractivity contribution in [1.29, 1.82) is 0 Å². The summed E-state index contributed by atoms with van der Waals surface area (Å²) in [5.41, 5.74) is 3.08. The molecule has 0 bridgehead atoms. The normalized spacial score (nSPS) is 17.8. The Morgan fingerprint density at radius 1 is 1.30 bits per heavy atom. The number of fused-ring (bicyclic) bond motifs is 1. The van der Waals surface area contributed by atoms with Crippen molar-refractivity contribution >= 4 is 16.8 Å². The molecule has 0 aliphatic carbocycles. The highest BCUT2D eigenvalue weighted by Gasteiger charge is 2.33. The molecule has 1 fully saturated rings. The monoisotopic (exact) mass is 307 g/mol. The van der Waals surface area contributed by atoms with Gasteiger partial charge in [-0.25, -0.2) is 0 Å². The molecule has 1 amide bonds. The highest BCUT2D eigenvalue weighted by atomic mass is 16.2. The lowest BCUT2D eigenvalue weighted by molar-refractivity contribution is 0.0728. The first-order valence-corrected chi connectivity index (χ1v) is 7.76. The number of nitrogens with zero attached hydrogens (tertiary/aromatic N) is 4. The molecule has 6 nitrogen and oxygen atoms in total. The fourth-order valence-corrected chi connectivity index (χ4v) is 3.22. The van der Waals surface area contributed by atoms with Crippen LogP contribution in [0.5, 0.6) is 0 Å². The largest absolute Gasteiger partial charge is 0.329 e. The van der Waals surface area contributed by atoms with Gasteiger partial charge in [0.15, 0.2) is 5.69 Å². The number of carbonyl (C=O) groups is 1. The second kappa shape index (κ2) is 5.46. The molecule has 0 spiro atoms. The summed E-state index contributed by atoms with van der Waals surface area (Å²) < 4.78 is 0. The second-order valence-electron chi connectivity index (χ2n) is 5.86. The van der Waals surface area contributed by atoms with Gasteiger partial charge >= 0.3 is 0 Å². The van der Waals surface area contributed by atoms with Crippen LogP contribution in [0.2, 0.25) is 0 Å². The van der Waals surface area contributed by atoms with Crippen LogP contribution < -0.4 is 0 Å². The van der Waals surface area contributed by atoms with Gasteiger partial charge in [0.05, 0.1) is 29.1 Å². The van der Waals surface area contributed by atoms with Crippen molar-refractivity contribution in [2.45, 2.75) is 25.8 Å². The van der Waals surface area contributed by atoms with E-state index in [4.69, 9.17) is 0 Å². The molecule has 1 unspecified atom stereocenters. The van der Waals surface area contributed by atoms with E-state index in [2.05, 4.69) is 20.2 Å². The van der Waals surface area contributed by atoms with E-state index in [-0.39, 0.29) is 11.9 Å². The van der Waals surface area contributed by atoms with Gasteiger partial charge in [0.2, 0.25) is 0 Å². The number of para-hydroxylation sites is 1. The molecule has 0 radical (unpaired) electrons. The summed E-state index contributed by atoms with van der Waals surface area (Å²) in [5, 5.41) is 8.02. The number of amides is 1. The van der Waals surface area contributed by atoms with E-state index in [1.165, 1.54) is 0 Å². The number of hydrogen-bond acceptors (Lipinski definition) is 4. The van der Waals surface area contributed by atoms with Crippen molar-refractivity contribution in [2.24, 2.45) is 0 Å². The first-order chi connectivity index (χ1) is 11.2. The Labute approximate surface area is 133 Å². The number of benzene rings is 1. The van der Waals surface area contributed by atoms with Gasteiger partial charge in [-0.05, 0) is 25.8 Å². The van der Waals surface area contributed by atoms with E-state index in [0.29, 0.717) is 5.69 Å². The van der Waals surface area contributed by atoms with Gasteiger partial charge in [-0.2, -0.15) is 5.10 Å². The average Bonchev–Trinajstić information content (AvgIpc) is 3.21. The van der Waals surface area contributed by atoms with E-state index >= 15 is 0 Å². The minimum atomic E-state index is -0.0479. The Bertz CT molecular complexity index is 872. The van der Waals surface area contributed by atoms with Crippen molar-refractivity contribution in [2.75, 3.05) is 6.54 Å². The third kappa shape index (κ3) is 2.36. The van der Waals surface area contributed by atoms with Crippen molar-refractivity contribution in [1.82, 2.24) is 25.1 Å². The average molecular weight is 307 g/mol. The molecular weight excluding hydrogens is 290 g/mol. The van der Waals surface area contributed by atoms with E-state index in [9.17, 15) is 4.79 Å². The quantitative estimate of drug-likeness (QED) is 0.789. The number of aryl methyl sites for hydroxylation is 1. The summed E-state index contributed by atoms with van der Waals surface area (Å²) in [5.74, 6) is -0.0479. The molecule has 1 N–H and O–H groups in total. The fraction of sp³-hybridized carbons (Fsp3) is 0.294. The molecule has 3 aromatic rings. The molecule has 1 aromatic carbocycles. The van der Waals surface area contributed by atoms with Crippen LogP contribution in [0.25, 0.3) is 10.9 Å². The molecule has 1 saturated heterocycles. The zero-order valence-electron chi connectivity index (χ0n) is 12.9. The summed E-state index contributed by atoms with van der Waals surface area (Å²) in [6, 6.07) is 7.67. The standard InChI is InChI=1S/C17H17N5O/c1-11-9-18-10-14(19-11)15-7-4-8-22(15)17(23)16-12-5-2-3-6-13(12)20-21-16/h2-3,5-6,9-10,15H,4,7-8H2,1H3,(H,20,21). The van der Waals surface area contributed by atoms with Gasteiger partial charge in [-0.3, -0.25) is 19.9 Å². The van der Waals surface area contributed by atoms with Crippen LogP contribution in [-0.4, -0.2) is 37.5 Å². The van der Waals surface area contributed by atoms with Crippen molar-refractivity contribution < 1.29 is 4.79 Å². The first-order valence-electron chi connectivity index (χ1n) is 7.76. The van der Waals surface area contributed by atoms with Crippen LogP contribution in [0.3, 0.4) is 0 Å². The molecule has 0 saturated carbocycles. The molecule has 1 atom stereocenters. The number of aromatic amines is 1. The Balaban J connectivity index is 1.70. The van der Waals surface area contributed by atoms with Crippen LogP contribution in [0.4, 0.5) is 0 Å². The molecular formula is C17H17N5O. The Hall–Kier alpha value is -2.76. The maximum atomic E-state index is 13.0. The topological polar surface area (TPSA) is 74.8 Å². The van der Waals surface area contributed by atoms with E-state index < -0.39 is 0 Å². The lowest BCUT2D eigenvalue weighted by Gasteiger charge is -2.23. The van der Waals surface area contributed by atoms with Crippen LogP contribution in [0.15, 0.2) is 36.7 Å². The molecule has 4 rings (SSSR count). The molecule has 2 aromatic heterocycles. The third-order valence-corrected chi connectivity index (χ3v) is 4.30. The number of rotatable bonds is 2. The summed E-state index contributed by atoms with van der Waals surface area (Å²) in [4.78, 5) is 23.6. The number of nitrogens with one attached hydrogen (secondary N) is 1. The lowest BCUT2D eigenvalue weighted by Crippen LogP contribution is -2.31. The predicted octanol–water partition coefficient (Wildman–Crippen LogP) is 2.64. The van der Waals surface area contributed by atoms with E-state index in [1.54, 1.807) is 12.4 Å². The molecule has 23 heavy (non-hydrogen) atoms. The first kappa shape index (κ1) is 13.9. The van der Waals surface area contributed by atoms with Gasteiger partial charge < -0.3 is 4.90 Å². The Kier molecular flexibility index (Phi) is 3.29. The zero-order chi connectivity index (χ0) is 15.8. The van der Waals surface area contributed by atoms with Crippen LogP contribution in [-0.2, 0) is 0 Å². The molecule has 1 aliphatic rings. The highest BCUT2D eigenvalue weighted by Crippen LogP contribution is 2.32. The zero-order valence-corrected chi connectivity index (χ0v) is 12.9. The Morgan fingerprint density at radius 3 is 3.04 bits per heavy atom. The minimum absolute atomic E-state index is 0.0228. The number of aromatic nitrogens is 4. The van der Waals surface area contributed by atoms with E-state index in [0.717, 1.165) is 41.7 Å². The van der Waals surface area contributed by atoms with Crippen molar-refractivity contribution in [3.63, 3.8) is 0 Å². The number of hydrogen-bond donors (Lipinski definition) is 1. The maximum Gasteiger partial charge on any atom is 0.275 e. The third-order valence-electron chi connectivity index (χ3n) is 4.30. The van der Waals surface area contributed by atoms with Crippen molar-refractivity contribution in [3.8, 4) is 0 Å². The van der Waals surface area contributed by atoms with Gasteiger partial charge in [0.25, 0.3) is 5.91 Å². The van der Waals surface area contributed by atoms with Crippen LogP contribution in [0, 0.1) is 6.92 Å². The summed E-state index contributed by atoms with van der Waals surface area (Å²) in [6.45, 7) is 2.64. The van der Waals surface area contributed by atoms with Gasteiger partial charge in [0, 0.05) is 18.1 Å². The number of likely N-dealkylation sites (tertiary alicyclic amines) is 1. The smallest absolute Gasteiger partial charge is 0.275 e. The SMILES string of the molecule is Cc1cncc(C2CCCN2C(=O)c2n[nH]c3ccccc23)n1. The van der Waals surface area contributed by atoms with Crippen LogP contribution in [0.1, 0.15) is 40.8 Å². The summed E-state index contributed by atoms with van der Waals surface area (Å²) >= 11 is 0. The van der Waals surface area contributed by atoms with Crippen LogP contribution >= 0.6 is 0 Å². The van der Waals surface area contributed by atoms with Gasteiger partial charge in [-0.15, -0.1) is 0 Å². The number of H-pyrrole nitrogens is 1. The molecule has 116 valence electrons. The van der Waals surface area contributed by atoms with Gasteiger partial charge in [-0.1, -0.05) is 18.2 Å². The fourth-order valence-electron chi connectivity index (χ4n) is 3.22. The predicted molar refractivity (Wildman–Crippen MR) is 85.9 cm³/mol. The second-order valence-corrected chi connectivity index (χ2v) is 5.86. The summed E-state index contributed by atoms with van der Waals surface area (Å²) in [7, 11) is 0. The number of carbonyl (C=O) groups excluding carboxylic acids is 1. The lowest BCUT2D eigenvalue weighted by atomic mass is 10.1. The summed E-state index contributed by atoms with van der Waals surface area (Å²) in [6.07, 6.45) is 5.36. The maximum absolute atomic E-state index is 13.0. The van der Waals surface area contributed by atoms with Crippen molar-refractivity contribution in [3.05, 3.63) is 53.7 Å². The minimum Gasteiger partial charge on any atom is -0.329 e. The van der Waals surface area contributed by atoms with Gasteiger partial charge in [0.1, 0.15) is 0 Å².